The molecule has 1 fully saturated rings. The third kappa shape index (κ3) is 2.06. The van der Waals surface area contributed by atoms with Crippen LogP contribution in [-0.2, 0) is 6.42 Å². The summed E-state index contributed by atoms with van der Waals surface area (Å²) in [6.07, 6.45) is 4.27. The van der Waals surface area contributed by atoms with Crippen LogP contribution in [0.25, 0.3) is 0 Å². The van der Waals surface area contributed by atoms with Gasteiger partial charge in [-0.05, 0) is 50.3 Å². The molecule has 1 aromatic rings. The number of aryl methyl sites for hydroxylation is 2. The third-order valence-corrected chi connectivity index (χ3v) is 2.98. The lowest BCUT2D eigenvalue weighted by Gasteiger charge is -2.05. The number of rotatable bonds is 3. The Morgan fingerprint density at radius 2 is 2.31 bits per heavy atom. The zero-order valence-electron chi connectivity index (χ0n) is 7.77. The van der Waals surface area contributed by atoms with Gasteiger partial charge in [-0.25, -0.2) is 0 Å². The molecule has 3 heteroatoms. The van der Waals surface area contributed by atoms with Crippen molar-refractivity contribution in [2.24, 2.45) is 5.73 Å². The Kier molecular flexibility index (Phi) is 2.12. The highest BCUT2D eigenvalue weighted by molar-refractivity contribution is 6.29. The van der Waals surface area contributed by atoms with Crippen LogP contribution in [0, 0.1) is 6.92 Å². The SMILES string of the molecule is Cc1cc(CCC2(N)CC2)c(Cl)o1. The fourth-order valence-corrected chi connectivity index (χ4v) is 1.77. The molecule has 2 rings (SSSR count). The van der Waals surface area contributed by atoms with Crippen molar-refractivity contribution in [1.82, 2.24) is 0 Å². The highest BCUT2D eigenvalue weighted by Gasteiger charge is 2.37. The minimum Gasteiger partial charge on any atom is -0.450 e. The van der Waals surface area contributed by atoms with Gasteiger partial charge in [-0.1, -0.05) is 0 Å². The van der Waals surface area contributed by atoms with Crippen LogP contribution in [-0.4, -0.2) is 5.54 Å². The predicted molar refractivity (Wildman–Crippen MR) is 52.9 cm³/mol. The summed E-state index contributed by atoms with van der Waals surface area (Å²) in [7, 11) is 0. The van der Waals surface area contributed by atoms with Gasteiger partial charge in [-0.15, -0.1) is 0 Å². The molecule has 0 amide bonds. The van der Waals surface area contributed by atoms with Crippen molar-refractivity contribution in [2.45, 2.75) is 38.1 Å². The topological polar surface area (TPSA) is 39.2 Å². The van der Waals surface area contributed by atoms with Gasteiger partial charge >= 0.3 is 0 Å². The molecular weight excluding hydrogens is 186 g/mol. The van der Waals surface area contributed by atoms with Crippen molar-refractivity contribution >= 4 is 11.6 Å². The Morgan fingerprint density at radius 3 is 2.77 bits per heavy atom. The van der Waals surface area contributed by atoms with Gasteiger partial charge in [0.15, 0.2) is 5.22 Å². The molecule has 0 atom stereocenters. The molecule has 2 N–H and O–H groups in total. The molecule has 2 nitrogen and oxygen atoms in total. The standard InChI is InChI=1S/C10H14ClNO/c1-7-6-8(9(11)13-7)2-3-10(12)4-5-10/h6H,2-5,12H2,1H3. The molecule has 0 bridgehead atoms. The van der Waals surface area contributed by atoms with E-state index in [1.54, 1.807) is 0 Å². The second kappa shape index (κ2) is 3.03. The zero-order valence-corrected chi connectivity index (χ0v) is 8.53. The van der Waals surface area contributed by atoms with E-state index >= 15 is 0 Å². The van der Waals surface area contributed by atoms with Crippen molar-refractivity contribution in [2.75, 3.05) is 0 Å². The molecule has 0 aromatic carbocycles. The first kappa shape index (κ1) is 9.10. The summed E-state index contributed by atoms with van der Waals surface area (Å²) in [6, 6.07) is 1.99. The average Bonchev–Trinajstić information content (AvgIpc) is 2.69. The van der Waals surface area contributed by atoms with Crippen LogP contribution in [0.1, 0.15) is 30.6 Å². The van der Waals surface area contributed by atoms with E-state index in [-0.39, 0.29) is 5.54 Å². The normalized spacial score (nSPS) is 19.0. The monoisotopic (exact) mass is 199 g/mol. The summed E-state index contributed by atoms with van der Waals surface area (Å²) >= 11 is 5.89. The summed E-state index contributed by atoms with van der Waals surface area (Å²) < 4.78 is 5.22. The van der Waals surface area contributed by atoms with Gasteiger partial charge in [0.25, 0.3) is 0 Å². The smallest absolute Gasteiger partial charge is 0.196 e. The first-order valence-electron chi connectivity index (χ1n) is 4.63. The molecule has 1 saturated carbocycles. The molecule has 1 heterocycles. The van der Waals surface area contributed by atoms with Gasteiger partial charge in [0.2, 0.25) is 0 Å². The fourth-order valence-electron chi connectivity index (χ4n) is 1.50. The van der Waals surface area contributed by atoms with E-state index in [1.165, 1.54) is 0 Å². The second-order valence-corrected chi connectivity index (χ2v) is 4.36. The van der Waals surface area contributed by atoms with Crippen molar-refractivity contribution in [1.29, 1.82) is 0 Å². The highest BCUT2D eigenvalue weighted by Crippen LogP contribution is 2.37. The van der Waals surface area contributed by atoms with Crippen LogP contribution in [0.5, 0.6) is 0 Å². The van der Waals surface area contributed by atoms with Crippen molar-refractivity contribution < 1.29 is 4.42 Å². The van der Waals surface area contributed by atoms with Crippen LogP contribution >= 0.6 is 11.6 Å². The third-order valence-electron chi connectivity index (χ3n) is 2.67. The van der Waals surface area contributed by atoms with E-state index in [0.29, 0.717) is 5.22 Å². The molecule has 0 radical (unpaired) electrons. The summed E-state index contributed by atoms with van der Waals surface area (Å²) in [5, 5.41) is 0.529. The Morgan fingerprint density at radius 1 is 1.62 bits per heavy atom. The first-order chi connectivity index (χ1) is 6.09. The maximum atomic E-state index is 5.98. The summed E-state index contributed by atoms with van der Waals surface area (Å²) in [5.41, 5.74) is 7.18. The number of halogens is 1. The van der Waals surface area contributed by atoms with Crippen LogP contribution in [0.3, 0.4) is 0 Å². The minimum atomic E-state index is 0.106. The molecule has 0 unspecified atom stereocenters. The molecule has 1 aliphatic rings. The maximum Gasteiger partial charge on any atom is 0.196 e. The zero-order chi connectivity index (χ0) is 9.47. The van der Waals surface area contributed by atoms with Crippen molar-refractivity contribution in [3.8, 4) is 0 Å². The number of hydrogen-bond donors (Lipinski definition) is 1. The van der Waals surface area contributed by atoms with Crippen molar-refractivity contribution in [3.63, 3.8) is 0 Å². The molecule has 1 aliphatic carbocycles. The highest BCUT2D eigenvalue weighted by atomic mass is 35.5. The Labute approximate surface area is 83.1 Å². The van der Waals surface area contributed by atoms with Gasteiger partial charge in [-0.3, -0.25) is 0 Å². The van der Waals surface area contributed by atoms with Crippen LogP contribution < -0.4 is 5.73 Å². The molecular formula is C10H14ClNO. The van der Waals surface area contributed by atoms with Crippen molar-refractivity contribution in [3.05, 3.63) is 22.6 Å². The van der Waals surface area contributed by atoms with Gasteiger partial charge in [0.1, 0.15) is 5.76 Å². The minimum absolute atomic E-state index is 0.106. The Bertz CT molecular complexity index is 315. The van der Waals surface area contributed by atoms with E-state index in [1.807, 2.05) is 13.0 Å². The summed E-state index contributed by atoms with van der Waals surface area (Å²) in [5.74, 6) is 0.877. The lowest BCUT2D eigenvalue weighted by atomic mass is 10.1. The summed E-state index contributed by atoms with van der Waals surface area (Å²) in [4.78, 5) is 0. The van der Waals surface area contributed by atoms with E-state index in [2.05, 4.69) is 0 Å². The van der Waals surface area contributed by atoms with Gasteiger partial charge in [-0.2, -0.15) is 0 Å². The lowest BCUT2D eigenvalue weighted by Crippen LogP contribution is -2.21. The van der Waals surface area contributed by atoms with E-state index in [0.717, 1.165) is 37.0 Å². The second-order valence-electron chi connectivity index (χ2n) is 4.02. The molecule has 13 heavy (non-hydrogen) atoms. The van der Waals surface area contributed by atoms with E-state index in [9.17, 15) is 0 Å². The number of nitrogens with two attached hydrogens (primary N) is 1. The van der Waals surface area contributed by atoms with Gasteiger partial charge in [0, 0.05) is 11.1 Å². The largest absolute Gasteiger partial charge is 0.450 e. The Hall–Kier alpha value is -0.470. The molecule has 0 spiro atoms. The maximum absolute atomic E-state index is 5.98. The summed E-state index contributed by atoms with van der Waals surface area (Å²) in [6.45, 7) is 1.91. The number of hydrogen-bond acceptors (Lipinski definition) is 2. The molecule has 72 valence electrons. The predicted octanol–water partition coefficient (Wildman–Crippen LogP) is 2.67. The fraction of sp³-hybridized carbons (Fsp3) is 0.600. The van der Waals surface area contributed by atoms with E-state index in [4.69, 9.17) is 21.8 Å². The van der Waals surface area contributed by atoms with Crippen LogP contribution in [0.2, 0.25) is 5.22 Å². The molecule has 1 aromatic heterocycles. The quantitative estimate of drug-likeness (QED) is 0.813. The van der Waals surface area contributed by atoms with Crippen LogP contribution in [0.4, 0.5) is 0 Å². The van der Waals surface area contributed by atoms with E-state index < -0.39 is 0 Å². The Balaban J connectivity index is 1.97. The lowest BCUT2D eigenvalue weighted by molar-refractivity contribution is 0.531. The van der Waals surface area contributed by atoms with Gasteiger partial charge in [0.05, 0.1) is 0 Å². The first-order valence-corrected chi connectivity index (χ1v) is 5.01. The number of furan rings is 1. The average molecular weight is 200 g/mol. The molecule has 0 aliphatic heterocycles. The van der Waals surface area contributed by atoms with Gasteiger partial charge < -0.3 is 10.2 Å². The van der Waals surface area contributed by atoms with Crippen LogP contribution in [0.15, 0.2) is 10.5 Å². The molecule has 0 saturated heterocycles.